The minimum Gasteiger partial charge on any atom is -0.384 e. The van der Waals surface area contributed by atoms with E-state index in [9.17, 15) is 0 Å². The molecule has 2 aliphatic heterocycles. The number of methoxy groups -OCH3 is 1. The molecule has 0 unspecified atom stereocenters. The lowest BCUT2D eigenvalue weighted by Gasteiger charge is -2.30. The van der Waals surface area contributed by atoms with Gasteiger partial charge in [-0.1, -0.05) is 13.0 Å². The SMILES string of the molecule is CCN1C[C@H](COC)[C@]2(CCN(Cc3cccc(C)n3)C2)C1. The minimum absolute atomic E-state index is 0.426. The van der Waals surface area contributed by atoms with Crippen LogP contribution in [0.25, 0.3) is 0 Å². The summed E-state index contributed by atoms with van der Waals surface area (Å²) in [6.45, 7) is 12.2. The van der Waals surface area contributed by atoms with E-state index < -0.39 is 0 Å². The molecule has 3 rings (SSSR count). The van der Waals surface area contributed by atoms with E-state index in [2.05, 4.69) is 46.8 Å². The molecule has 3 heterocycles. The molecular formula is C18H29N3O. The summed E-state index contributed by atoms with van der Waals surface area (Å²) in [5.41, 5.74) is 2.74. The molecule has 0 N–H and O–H groups in total. The van der Waals surface area contributed by atoms with Crippen LogP contribution in [0.1, 0.15) is 24.7 Å². The van der Waals surface area contributed by atoms with Gasteiger partial charge in [-0.3, -0.25) is 9.88 Å². The van der Waals surface area contributed by atoms with E-state index in [1.54, 1.807) is 0 Å². The van der Waals surface area contributed by atoms with Crippen molar-refractivity contribution in [2.24, 2.45) is 11.3 Å². The quantitative estimate of drug-likeness (QED) is 0.833. The Morgan fingerprint density at radius 3 is 2.86 bits per heavy atom. The van der Waals surface area contributed by atoms with Crippen LogP contribution < -0.4 is 0 Å². The number of likely N-dealkylation sites (tertiary alicyclic amines) is 2. The first-order valence-electron chi connectivity index (χ1n) is 8.51. The fourth-order valence-corrected chi connectivity index (χ4v) is 4.31. The lowest BCUT2D eigenvalue weighted by atomic mass is 9.77. The van der Waals surface area contributed by atoms with Crippen molar-refractivity contribution in [3.63, 3.8) is 0 Å². The molecule has 4 heteroatoms. The number of rotatable bonds is 5. The summed E-state index contributed by atoms with van der Waals surface area (Å²) in [4.78, 5) is 9.84. The van der Waals surface area contributed by atoms with E-state index in [1.165, 1.54) is 38.3 Å². The summed E-state index contributed by atoms with van der Waals surface area (Å²) in [6, 6.07) is 6.34. The Hall–Kier alpha value is -0.970. The Morgan fingerprint density at radius 1 is 1.32 bits per heavy atom. The molecule has 2 fully saturated rings. The van der Waals surface area contributed by atoms with Crippen LogP contribution in [0, 0.1) is 18.3 Å². The highest BCUT2D eigenvalue weighted by Crippen LogP contribution is 2.44. The summed E-state index contributed by atoms with van der Waals surface area (Å²) >= 11 is 0. The van der Waals surface area contributed by atoms with Crippen LogP contribution in [0.15, 0.2) is 18.2 Å². The molecule has 0 amide bonds. The maximum absolute atomic E-state index is 5.52. The molecule has 0 bridgehead atoms. The van der Waals surface area contributed by atoms with Crippen molar-refractivity contribution in [3.8, 4) is 0 Å². The van der Waals surface area contributed by atoms with Crippen molar-refractivity contribution >= 4 is 0 Å². The third kappa shape index (κ3) is 3.19. The van der Waals surface area contributed by atoms with Crippen molar-refractivity contribution in [1.29, 1.82) is 0 Å². The molecule has 0 aliphatic carbocycles. The average molecular weight is 303 g/mol. The van der Waals surface area contributed by atoms with Crippen molar-refractivity contribution in [2.75, 3.05) is 46.4 Å². The standard InChI is InChI=1S/C18H29N3O/c1-4-20-10-16(12-22-3)18(13-20)8-9-21(14-18)11-17-7-5-6-15(2)19-17/h5-7,16H,4,8-14H2,1-3H3/t16-,18-/m1/s1. The van der Waals surface area contributed by atoms with Gasteiger partial charge < -0.3 is 9.64 Å². The predicted molar refractivity (Wildman–Crippen MR) is 88.8 cm³/mol. The van der Waals surface area contributed by atoms with E-state index in [4.69, 9.17) is 4.74 Å². The van der Waals surface area contributed by atoms with E-state index in [-0.39, 0.29) is 0 Å². The number of hydrogen-bond acceptors (Lipinski definition) is 4. The Morgan fingerprint density at radius 2 is 2.14 bits per heavy atom. The summed E-state index contributed by atoms with van der Waals surface area (Å²) in [5, 5.41) is 0. The topological polar surface area (TPSA) is 28.6 Å². The molecule has 1 aromatic rings. The normalized spacial score (nSPS) is 29.7. The van der Waals surface area contributed by atoms with E-state index in [0.717, 1.165) is 25.4 Å². The van der Waals surface area contributed by atoms with Crippen LogP contribution in [-0.2, 0) is 11.3 Å². The van der Waals surface area contributed by atoms with Crippen molar-refractivity contribution in [1.82, 2.24) is 14.8 Å². The molecule has 4 nitrogen and oxygen atoms in total. The monoisotopic (exact) mass is 303 g/mol. The van der Waals surface area contributed by atoms with Gasteiger partial charge in [0.1, 0.15) is 0 Å². The van der Waals surface area contributed by atoms with Gasteiger partial charge in [-0.05, 0) is 38.6 Å². The molecule has 122 valence electrons. The third-order valence-electron chi connectivity index (χ3n) is 5.49. The van der Waals surface area contributed by atoms with Gasteiger partial charge in [0, 0.05) is 50.3 Å². The van der Waals surface area contributed by atoms with Crippen LogP contribution in [-0.4, -0.2) is 61.2 Å². The van der Waals surface area contributed by atoms with Gasteiger partial charge in [0.15, 0.2) is 0 Å². The molecule has 0 saturated carbocycles. The summed E-state index contributed by atoms with van der Waals surface area (Å²) < 4.78 is 5.52. The lowest BCUT2D eigenvalue weighted by Crippen LogP contribution is -2.36. The lowest BCUT2D eigenvalue weighted by molar-refractivity contribution is 0.0958. The number of aryl methyl sites for hydroxylation is 1. The average Bonchev–Trinajstić information content (AvgIpc) is 3.05. The maximum Gasteiger partial charge on any atom is 0.0547 e. The summed E-state index contributed by atoms with van der Waals surface area (Å²) in [7, 11) is 1.84. The zero-order valence-electron chi connectivity index (χ0n) is 14.2. The van der Waals surface area contributed by atoms with Crippen molar-refractivity contribution in [2.45, 2.75) is 26.8 Å². The fraction of sp³-hybridized carbons (Fsp3) is 0.722. The minimum atomic E-state index is 0.426. The van der Waals surface area contributed by atoms with Crippen molar-refractivity contribution in [3.05, 3.63) is 29.6 Å². The summed E-state index contributed by atoms with van der Waals surface area (Å²) in [6.07, 6.45) is 1.29. The predicted octanol–water partition coefficient (Wildman–Crippen LogP) is 2.18. The number of nitrogens with zero attached hydrogens (tertiary/aromatic N) is 3. The number of ether oxygens (including phenoxy) is 1. The first-order valence-corrected chi connectivity index (χ1v) is 8.51. The Kier molecular flexibility index (Phi) is 4.81. The van der Waals surface area contributed by atoms with Crippen LogP contribution in [0.4, 0.5) is 0 Å². The van der Waals surface area contributed by atoms with Crippen LogP contribution in [0.3, 0.4) is 0 Å². The van der Waals surface area contributed by atoms with Crippen LogP contribution in [0.5, 0.6) is 0 Å². The molecular weight excluding hydrogens is 274 g/mol. The molecule has 0 aromatic carbocycles. The van der Waals surface area contributed by atoms with E-state index in [1.807, 2.05) is 7.11 Å². The largest absolute Gasteiger partial charge is 0.384 e. The molecule has 0 radical (unpaired) electrons. The molecule has 2 atom stereocenters. The zero-order valence-corrected chi connectivity index (χ0v) is 14.2. The molecule has 22 heavy (non-hydrogen) atoms. The number of hydrogen-bond donors (Lipinski definition) is 0. The Balaban J connectivity index is 1.67. The zero-order chi connectivity index (χ0) is 15.6. The second kappa shape index (κ2) is 6.65. The van der Waals surface area contributed by atoms with Gasteiger partial charge >= 0.3 is 0 Å². The molecule has 1 spiro atoms. The maximum atomic E-state index is 5.52. The highest BCUT2D eigenvalue weighted by Gasteiger charge is 2.49. The number of aromatic nitrogens is 1. The van der Waals surface area contributed by atoms with E-state index in [0.29, 0.717) is 11.3 Å². The first-order chi connectivity index (χ1) is 10.6. The third-order valence-corrected chi connectivity index (χ3v) is 5.49. The van der Waals surface area contributed by atoms with Gasteiger partial charge in [-0.25, -0.2) is 0 Å². The highest BCUT2D eigenvalue weighted by molar-refractivity contribution is 5.11. The molecule has 1 aromatic heterocycles. The first kappa shape index (κ1) is 15.9. The van der Waals surface area contributed by atoms with Crippen molar-refractivity contribution < 1.29 is 4.74 Å². The fourth-order valence-electron chi connectivity index (χ4n) is 4.31. The van der Waals surface area contributed by atoms with Crippen LogP contribution in [0.2, 0.25) is 0 Å². The molecule has 2 aliphatic rings. The van der Waals surface area contributed by atoms with Gasteiger partial charge in [0.05, 0.1) is 12.3 Å². The van der Waals surface area contributed by atoms with Gasteiger partial charge in [-0.2, -0.15) is 0 Å². The van der Waals surface area contributed by atoms with E-state index >= 15 is 0 Å². The van der Waals surface area contributed by atoms with Gasteiger partial charge in [0.25, 0.3) is 0 Å². The number of pyridine rings is 1. The summed E-state index contributed by atoms with van der Waals surface area (Å²) in [5.74, 6) is 0.674. The van der Waals surface area contributed by atoms with Gasteiger partial charge in [-0.15, -0.1) is 0 Å². The second-order valence-corrected chi connectivity index (χ2v) is 7.07. The molecule has 2 saturated heterocycles. The highest BCUT2D eigenvalue weighted by atomic mass is 16.5. The van der Waals surface area contributed by atoms with Gasteiger partial charge in [0.2, 0.25) is 0 Å². The van der Waals surface area contributed by atoms with Crippen LogP contribution >= 0.6 is 0 Å². The Bertz CT molecular complexity index is 507. The second-order valence-electron chi connectivity index (χ2n) is 7.07. The smallest absolute Gasteiger partial charge is 0.0547 e. The Labute approximate surface area is 134 Å².